The molecule has 1 radical (unpaired) electrons. The second kappa shape index (κ2) is 6.15. The first-order valence-corrected chi connectivity index (χ1v) is 6.07. The van der Waals surface area contributed by atoms with Gasteiger partial charge in [-0.1, -0.05) is 35.2 Å². The summed E-state index contributed by atoms with van der Waals surface area (Å²) in [6.45, 7) is -0.770. The normalized spacial score (nSPS) is 9.90. The summed E-state index contributed by atoms with van der Waals surface area (Å²) in [5.41, 5.74) is 1.30. The van der Waals surface area contributed by atoms with Gasteiger partial charge >= 0.3 is 6.71 Å². The highest BCUT2D eigenvalue weighted by atomic mass is 16.5. The van der Waals surface area contributed by atoms with E-state index in [1.165, 1.54) is 14.2 Å². The van der Waals surface area contributed by atoms with Gasteiger partial charge in [-0.25, -0.2) is 0 Å². The van der Waals surface area contributed by atoms with E-state index >= 15 is 0 Å². The quantitative estimate of drug-likeness (QED) is 0.833. The minimum Gasteiger partial charge on any atom is -0.497 e. The number of hydrogen-bond acceptors (Lipinski definition) is 3. The Morgan fingerprint density at radius 3 is 2.05 bits per heavy atom. The number of rotatable bonds is 5. The fourth-order valence-corrected chi connectivity index (χ4v) is 2.07. The molecule has 0 aromatic heterocycles. The Bertz CT molecular complexity index is 576. The Hall–Kier alpha value is -2.43. The highest BCUT2D eigenvalue weighted by molar-refractivity contribution is 7.06. The molecule has 2 aromatic rings. The van der Waals surface area contributed by atoms with Gasteiger partial charge in [0.15, 0.2) is 0 Å². The van der Waals surface area contributed by atoms with Gasteiger partial charge in [-0.05, 0) is 18.2 Å². The molecule has 0 unspecified atom stereocenters. The van der Waals surface area contributed by atoms with E-state index in [-0.39, 0.29) is 0 Å². The van der Waals surface area contributed by atoms with Crippen LogP contribution < -0.4 is 20.4 Å². The zero-order valence-electron chi connectivity index (χ0n) is 11.3. The Kier molecular flexibility index (Phi) is 4.30. The highest BCUT2D eigenvalue weighted by Gasteiger charge is 2.28. The van der Waals surface area contributed by atoms with Crippen LogP contribution in [0.15, 0.2) is 42.5 Å². The third-order valence-electron chi connectivity index (χ3n) is 3.03. The number of carboxylic acid groups (broad SMARTS) is 1. The van der Waals surface area contributed by atoms with Gasteiger partial charge in [-0.2, -0.15) is 0 Å². The van der Waals surface area contributed by atoms with Crippen molar-refractivity contribution >= 4 is 23.5 Å². The van der Waals surface area contributed by atoms with E-state index in [0.717, 1.165) is 0 Å². The van der Waals surface area contributed by atoms with Gasteiger partial charge in [0.2, 0.25) is 0 Å². The van der Waals surface area contributed by atoms with Crippen LogP contribution in [0.5, 0.6) is 11.5 Å². The lowest BCUT2D eigenvalue weighted by molar-refractivity contribution is 0.219. The first kappa shape index (κ1) is 14.0. The van der Waals surface area contributed by atoms with Gasteiger partial charge in [0.05, 0.1) is 14.2 Å². The van der Waals surface area contributed by atoms with Crippen molar-refractivity contribution in [2.24, 2.45) is 0 Å². The van der Waals surface area contributed by atoms with Crippen molar-refractivity contribution in [1.82, 2.24) is 0 Å². The third-order valence-corrected chi connectivity index (χ3v) is 3.03. The van der Waals surface area contributed by atoms with E-state index in [0.29, 0.717) is 22.4 Å². The number of ether oxygens (including phenoxy) is 2. The molecule has 0 amide bonds. The summed E-state index contributed by atoms with van der Waals surface area (Å²) >= 11 is 0. The molecule has 1 N–H and O–H groups in total. The second-order valence-corrected chi connectivity index (χ2v) is 4.25. The van der Waals surface area contributed by atoms with Crippen LogP contribution in [0.4, 0.5) is 4.79 Å². The van der Waals surface area contributed by atoms with Crippen LogP contribution in [0.25, 0.3) is 0 Å². The first-order valence-electron chi connectivity index (χ1n) is 6.07. The molecule has 0 atom stereocenters. The molecule has 2 aromatic carbocycles. The van der Waals surface area contributed by atoms with Crippen LogP contribution in [-0.2, 0) is 0 Å². The monoisotopic (exact) mass is 269 g/mol. The Morgan fingerprint density at radius 2 is 1.60 bits per heavy atom. The Balaban J connectivity index is 2.52. The molecule has 0 heterocycles. The molecule has 0 spiro atoms. The minimum atomic E-state index is -0.925. The highest BCUT2D eigenvalue weighted by Crippen LogP contribution is 2.17. The molecule has 20 heavy (non-hydrogen) atoms. The number of methoxy groups -OCH3 is 2. The van der Waals surface area contributed by atoms with E-state index in [9.17, 15) is 9.90 Å². The lowest BCUT2D eigenvalue weighted by Gasteiger charge is -2.13. The smallest absolute Gasteiger partial charge is 0.343 e. The summed E-state index contributed by atoms with van der Waals surface area (Å²) in [5, 5.41) is 9.52. The molecule has 2 rings (SSSR count). The number of benzene rings is 2. The predicted molar refractivity (Wildman–Crippen MR) is 77.9 cm³/mol. The fourth-order valence-electron chi connectivity index (χ4n) is 2.07. The first-order chi connectivity index (χ1) is 9.65. The minimum absolute atomic E-state index is 0.563. The van der Waals surface area contributed by atoms with E-state index in [1.54, 1.807) is 42.5 Å². The maximum absolute atomic E-state index is 11.6. The molecule has 0 saturated carbocycles. The van der Waals surface area contributed by atoms with Crippen molar-refractivity contribution in [2.75, 3.05) is 14.2 Å². The van der Waals surface area contributed by atoms with Crippen LogP contribution in [0.2, 0.25) is 0 Å². The van der Waals surface area contributed by atoms with Gasteiger partial charge < -0.3 is 14.6 Å². The Labute approximate surface area is 118 Å². The van der Waals surface area contributed by atoms with E-state index in [4.69, 9.17) is 9.47 Å². The van der Waals surface area contributed by atoms with Crippen LogP contribution >= 0.6 is 0 Å². The maximum atomic E-state index is 11.6. The molecule has 0 saturated heterocycles. The molecule has 0 fully saturated rings. The van der Waals surface area contributed by atoms with E-state index in [1.807, 2.05) is 0 Å². The summed E-state index contributed by atoms with van der Waals surface area (Å²) in [7, 11) is 3.07. The standard InChI is InChI=1S/C15H14BO4/c1-19-13-8-12(9-14(10-13)20-2)16(15(17)18)11-6-4-3-5-7-11/h4-10H,1-2H3,(H,17,18). The number of hydrogen-bond donors (Lipinski definition) is 1. The lowest BCUT2D eigenvalue weighted by atomic mass is 9.40. The van der Waals surface area contributed by atoms with Crippen LogP contribution in [0.3, 0.4) is 0 Å². The lowest BCUT2D eigenvalue weighted by Crippen LogP contribution is -2.48. The summed E-state index contributed by atoms with van der Waals surface area (Å²) in [5.74, 6) is 0.202. The average molecular weight is 269 g/mol. The fraction of sp³-hybridized carbons (Fsp3) is 0.133. The molecule has 0 aliphatic carbocycles. The predicted octanol–water partition coefficient (Wildman–Crippen LogP) is 1.37. The molecular weight excluding hydrogens is 255 g/mol. The number of carbonyl (C=O) groups is 1. The van der Waals surface area contributed by atoms with E-state index < -0.39 is 12.6 Å². The summed E-state index contributed by atoms with van der Waals surface area (Å²) in [6.07, 6.45) is 0. The van der Waals surface area contributed by atoms with Crippen molar-refractivity contribution in [3.63, 3.8) is 0 Å². The second-order valence-electron chi connectivity index (χ2n) is 4.25. The van der Waals surface area contributed by atoms with Crippen molar-refractivity contribution in [3.8, 4) is 11.5 Å². The van der Waals surface area contributed by atoms with Gasteiger partial charge in [0.1, 0.15) is 11.5 Å². The summed E-state index contributed by atoms with van der Waals surface area (Å²) in [6, 6.07) is 14.9. The molecule has 5 heteroatoms. The molecular formula is C15H14BO4. The molecule has 0 bridgehead atoms. The zero-order chi connectivity index (χ0) is 14.5. The SMILES string of the molecule is COc1cc(OC)cc(B(C(=O)O)c2cc[c]cc2)c1. The average Bonchev–Trinajstić information content (AvgIpc) is 2.47. The van der Waals surface area contributed by atoms with Crippen LogP contribution in [0.1, 0.15) is 0 Å². The summed E-state index contributed by atoms with van der Waals surface area (Å²) < 4.78 is 10.4. The van der Waals surface area contributed by atoms with Crippen molar-refractivity contribution in [1.29, 1.82) is 0 Å². The van der Waals surface area contributed by atoms with E-state index in [2.05, 4.69) is 6.07 Å². The van der Waals surface area contributed by atoms with Crippen molar-refractivity contribution in [3.05, 3.63) is 48.5 Å². The van der Waals surface area contributed by atoms with Crippen LogP contribution in [0, 0.1) is 6.07 Å². The van der Waals surface area contributed by atoms with Gasteiger partial charge in [-0.15, -0.1) is 0 Å². The van der Waals surface area contributed by atoms with Crippen LogP contribution in [-0.4, -0.2) is 31.9 Å². The molecule has 0 aliphatic heterocycles. The van der Waals surface area contributed by atoms with Gasteiger partial charge in [-0.3, -0.25) is 4.79 Å². The molecule has 4 nitrogen and oxygen atoms in total. The van der Waals surface area contributed by atoms with Gasteiger partial charge in [0, 0.05) is 6.07 Å². The van der Waals surface area contributed by atoms with Gasteiger partial charge in [0.25, 0.3) is 5.87 Å². The molecule has 0 aliphatic rings. The largest absolute Gasteiger partial charge is 0.497 e. The third kappa shape index (κ3) is 2.94. The molecule has 101 valence electrons. The van der Waals surface area contributed by atoms with Crippen molar-refractivity contribution < 1.29 is 19.4 Å². The topological polar surface area (TPSA) is 55.8 Å². The zero-order valence-corrected chi connectivity index (χ0v) is 11.3. The summed E-state index contributed by atoms with van der Waals surface area (Å²) in [4.78, 5) is 11.6. The maximum Gasteiger partial charge on any atom is 0.343 e. The van der Waals surface area contributed by atoms with Crippen molar-refractivity contribution in [2.45, 2.75) is 0 Å². The Morgan fingerprint density at radius 1 is 1.05 bits per heavy atom.